The molecule has 1 N–H and O–H groups in total. The Morgan fingerprint density at radius 2 is 1.79 bits per heavy atom. The van der Waals surface area contributed by atoms with E-state index in [4.69, 9.17) is 0 Å². The van der Waals surface area contributed by atoms with Crippen molar-refractivity contribution >= 4 is 50.3 Å². The maximum absolute atomic E-state index is 3.62. The van der Waals surface area contributed by atoms with E-state index in [9.17, 15) is 0 Å². The summed E-state index contributed by atoms with van der Waals surface area (Å²) < 4.78 is 2.48. The molecule has 3 heterocycles. The minimum atomic E-state index is 0.215. The molecule has 2 aliphatic carbocycles. The van der Waals surface area contributed by atoms with Crippen LogP contribution in [-0.4, -0.2) is 11.1 Å². The van der Waals surface area contributed by atoms with Crippen molar-refractivity contribution in [3.05, 3.63) is 107 Å². The fraction of sp³-hybridized carbons (Fsp3) is 0.0968. The van der Waals surface area contributed by atoms with Crippen LogP contribution in [0.1, 0.15) is 22.7 Å². The highest BCUT2D eigenvalue weighted by Crippen LogP contribution is 2.55. The zero-order chi connectivity index (χ0) is 22.0. The Morgan fingerprint density at radius 1 is 0.853 bits per heavy atom. The van der Waals surface area contributed by atoms with Gasteiger partial charge in [0.1, 0.15) is 5.82 Å². The molecule has 1 unspecified atom stereocenters. The van der Waals surface area contributed by atoms with Gasteiger partial charge in [0, 0.05) is 28.4 Å². The van der Waals surface area contributed by atoms with Crippen molar-refractivity contribution in [2.75, 3.05) is 11.4 Å². The molecule has 0 fully saturated rings. The van der Waals surface area contributed by atoms with Gasteiger partial charge in [0.25, 0.3) is 0 Å². The van der Waals surface area contributed by atoms with E-state index in [1.54, 1.807) is 0 Å². The summed E-state index contributed by atoms with van der Waals surface area (Å²) in [6, 6.07) is 20.4. The Bertz CT molecular complexity index is 1880. The van der Waals surface area contributed by atoms with Crippen molar-refractivity contribution in [3.8, 4) is 5.69 Å². The van der Waals surface area contributed by atoms with Crippen LogP contribution in [0.5, 0.6) is 0 Å². The SMILES string of the molecule is C1=CCNC(N2c3ccc4c5c3c3c6c(ccc7c6c5c(n7-c5ccccc5)=CC4)C=CC32)=C1. The molecular formula is C31H21N3. The van der Waals surface area contributed by atoms with Gasteiger partial charge in [-0.1, -0.05) is 60.7 Å². The lowest BCUT2D eigenvalue weighted by Gasteiger charge is -2.31. The molecule has 9 rings (SSSR count). The summed E-state index contributed by atoms with van der Waals surface area (Å²) in [6.07, 6.45) is 14.7. The van der Waals surface area contributed by atoms with E-state index in [1.807, 2.05) is 0 Å². The number of dihydropyridines is 1. The van der Waals surface area contributed by atoms with Gasteiger partial charge in [0.15, 0.2) is 0 Å². The van der Waals surface area contributed by atoms with Crippen molar-refractivity contribution in [2.45, 2.75) is 12.5 Å². The lowest BCUT2D eigenvalue weighted by molar-refractivity contribution is 0.749. The normalized spacial score (nSPS) is 19.0. The molecule has 1 atom stereocenters. The predicted octanol–water partition coefficient (Wildman–Crippen LogP) is 5.88. The highest BCUT2D eigenvalue weighted by atomic mass is 15.3. The Balaban J connectivity index is 1.53. The minimum absolute atomic E-state index is 0.215. The van der Waals surface area contributed by atoms with Gasteiger partial charge >= 0.3 is 0 Å². The van der Waals surface area contributed by atoms with Gasteiger partial charge in [-0.3, -0.25) is 0 Å². The number of benzene rings is 4. The topological polar surface area (TPSA) is 20.2 Å². The number of allylic oxidation sites excluding steroid dienone is 2. The third kappa shape index (κ3) is 1.85. The monoisotopic (exact) mass is 435 g/mol. The first-order valence-electron chi connectivity index (χ1n) is 12.1. The summed E-state index contributed by atoms with van der Waals surface area (Å²) >= 11 is 0. The van der Waals surface area contributed by atoms with Crippen LogP contribution >= 0.6 is 0 Å². The van der Waals surface area contributed by atoms with Crippen LogP contribution < -0.4 is 15.6 Å². The number of nitrogens with zero attached hydrogens (tertiary/aromatic N) is 2. The second-order valence-electron chi connectivity index (χ2n) is 9.71. The maximum atomic E-state index is 3.62. The summed E-state index contributed by atoms with van der Waals surface area (Å²) in [5.74, 6) is 1.19. The van der Waals surface area contributed by atoms with E-state index in [0.29, 0.717) is 0 Å². The molecule has 4 aromatic carbocycles. The Hall–Kier alpha value is -4.24. The lowest BCUT2D eigenvalue weighted by atomic mass is 9.83. The number of anilines is 1. The van der Waals surface area contributed by atoms with E-state index < -0.39 is 0 Å². The van der Waals surface area contributed by atoms with E-state index in [-0.39, 0.29) is 6.04 Å². The van der Waals surface area contributed by atoms with Crippen LogP contribution in [0.25, 0.3) is 50.3 Å². The van der Waals surface area contributed by atoms with Crippen molar-refractivity contribution in [1.29, 1.82) is 0 Å². The Morgan fingerprint density at radius 3 is 2.68 bits per heavy atom. The summed E-state index contributed by atoms with van der Waals surface area (Å²) in [6.45, 7) is 0.872. The van der Waals surface area contributed by atoms with E-state index in [0.717, 1.165) is 13.0 Å². The number of nitrogens with one attached hydrogen (secondary N) is 1. The van der Waals surface area contributed by atoms with Crippen molar-refractivity contribution in [1.82, 2.24) is 9.88 Å². The summed E-state index contributed by atoms with van der Waals surface area (Å²) in [7, 11) is 0. The van der Waals surface area contributed by atoms with Gasteiger partial charge in [-0.2, -0.15) is 0 Å². The van der Waals surface area contributed by atoms with E-state index in [1.165, 1.54) is 71.7 Å². The smallest absolute Gasteiger partial charge is 0.107 e. The summed E-state index contributed by atoms with van der Waals surface area (Å²) in [5, 5.41) is 12.2. The van der Waals surface area contributed by atoms with Gasteiger partial charge < -0.3 is 14.8 Å². The van der Waals surface area contributed by atoms with Crippen molar-refractivity contribution in [3.63, 3.8) is 0 Å². The molecule has 5 aromatic rings. The van der Waals surface area contributed by atoms with Gasteiger partial charge in [-0.05, 0) is 64.2 Å². The van der Waals surface area contributed by atoms with Crippen LogP contribution in [-0.2, 0) is 6.42 Å². The van der Waals surface area contributed by atoms with Gasteiger partial charge in [-0.25, -0.2) is 0 Å². The zero-order valence-electron chi connectivity index (χ0n) is 18.5. The average molecular weight is 436 g/mol. The molecule has 0 saturated carbocycles. The number of hydrogen-bond acceptors (Lipinski definition) is 2. The number of hydrogen-bond donors (Lipinski definition) is 1. The summed E-state index contributed by atoms with van der Waals surface area (Å²) in [4.78, 5) is 2.52. The molecule has 3 nitrogen and oxygen atoms in total. The second kappa shape index (κ2) is 5.81. The molecule has 4 aliphatic rings. The predicted molar refractivity (Wildman–Crippen MR) is 141 cm³/mol. The highest BCUT2D eigenvalue weighted by Gasteiger charge is 2.39. The van der Waals surface area contributed by atoms with Gasteiger partial charge in [0.2, 0.25) is 0 Å². The van der Waals surface area contributed by atoms with Gasteiger partial charge in [0.05, 0.1) is 22.6 Å². The third-order valence-corrected chi connectivity index (χ3v) is 8.13. The van der Waals surface area contributed by atoms with Crippen LogP contribution in [0, 0.1) is 0 Å². The first kappa shape index (κ1) is 17.3. The van der Waals surface area contributed by atoms with Crippen molar-refractivity contribution in [2.24, 2.45) is 0 Å². The fourth-order valence-corrected chi connectivity index (χ4v) is 6.89. The van der Waals surface area contributed by atoms with Gasteiger partial charge in [-0.15, -0.1) is 0 Å². The lowest BCUT2D eigenvalue weighted by Crippen LogP contribution is -2.33. The highest BCUT2D eigenvalue weighted by molar-refractivity contribution is 6.30. The number of rotatable bonds is 2. The fourth-order valence-electron chi connectivity index (χ4n) is 6.89. The Labute approximate surface area is 196 Å². The molecule has 0 spiro atoms. The zero-order valence-corrected chi connectivity index (χ0v) is 18.5. The molecule has 0 saturated heterocycles. The number of para-hydroxylation sites is 1. The van der Waals surface area contributed by atoms with E-state index >= 15 is 0 Å². The minimum Gasteiger partial charge on any atom is -0.368 e. The first-order chi connectivity index (χ1) is 16.9. The molecule has 160 valence electrons. The molecule has 0 amide bonds. The van der Waals surface area contributed by atoms with Crippen LogP contribution in [0.15, 0.2) is 84.7 Å². The van der Waals surface area contributed by atoms with E-state index in [2.05, 4.69) is 106 Å². The van der Waals surface area contributed by atoms with Crippen molar-refractivity contribution < 1.29 is 0 Å². The molecule has 2 aliphatic heterocycles. The van der Waals surface area contributed by atoms with Crippen LogP contribution in [0.2, 0.25) is 0 Å². The molecule has 1 aromatic heterocycles. The van der Waals surface area contributed by atoms with Crippen LogP contribution in [0.3, 0.4) is 0 Å². The standard InChI is InChI=1S/C31H21N3/c1-2-6-20(7-3-1)33-21-13-9-18-11-15-23-30-26(18)28(21)29-22(33)14-10-19-12-16-24(31(30)27(19)29)34(23)25-8-4-5-17-32-25/h1-9,11-16,23,32H,10,17H2. The molecule has 34 heavy (non-hydrogen) atoms. The molecule has 0 radical (unpaired) electrons. The Kier molecular flexibility index (Phi) is 2.95. The molecular weight excluding hydrogens is 414 g/mol. The maximum Gasteiger partial charge on any atom is 0.107 e. The largest absolute Gasteiger partial charge is 0.368 e. The molecule has 0 bridgehead atoms. The molecule has 3 heteroatoms. The second-order valence-corrected chi connectivity index (χ2v) is 9.71. The quantitative estimate of drug-likeness (QED) is 0.349. The third-order valence-electron chi connectivity index (χ3n) is 8.13. The summed E-state index contributed by atoms with van der Waals surface area (Å²) in [5.41, 5.74) is 8.15. The number of aromatic nitrogens is 1. The average Bonchev–Trinajstić information content (AvgIpc) is 3.43. The first-order valence-corrected chi connectivity index (χ1v) is 12.1. The van der Waals surface area contributed by atoms with Crippen LogP contribution in [0.4, 0.5) is 5.69 Å².